The van der Waals surface area contributed by atoms with Crippen molar-refractivity contribution in [3.05, 3.63) is 16.5 Å². The topological polar surface area (TPSA) is 37.8 Å². The standard InChI is InChI=1S/C14H22BrN3S/c1-4-19-11-6-5-10(7-11)16-13-8-12(15)17-14(18-13)9(2)3/h8-11H,4-7H2,1-3H3,(H,16,17,18). The van der Waals surface area contributed by atoms with Gasteiger partial charge in [-0.05, 0) is 40.9 Å². The van der Waals surface area contributed by atoms with Gasteiger partial charge in [0.2, 0.25) is 0 Å². The van der Waals surface area contributed by atoms with Gasteiger partial charge in [0.15, 0.2) is 0 Å². The Balaban J connectivity index is 1.99. The Morgan fingerprint density at radius 3 is 2.89 bits per heavy atom. The van der Waals surface area contributed by atoms with Crippen molar-refractivity contribution in [1.82, 2.24) is 9.97 Å². The molecule has 19 heavy (non-hydrogen) atoms. The van der Waals surface area contributed by atoms with Gasteiger partial charge in [0.1, 0.15) is 16.2 Å². The number of halogens is 1. The van der Waals surface area contributed by atoms with E-state index in [1.54, 1.807) is 0 Å². The predicted molar refractivity (Wildman–Crippen MR) is 87.0 cm³/mol. The molecule has 0 saturated heterocycles. The Kier molecular flexibility index (Phi) is 5.51. The van der Waals surface area contributed by atoms with E-state index in [4.69, 9.17) is 0 Å². The first-order valence-electron chi connectivity index (χ1n) is 7.01. The van der Waals surface area contributed by atoms with Crippen LogP contribution >= 0.6 is 27.7 Å². The average Bonchev–Trinajstić information content (AvgIpc) is 2.76. The van der Waals surface area contributed by atoms with Gasteiger partial charge in [-0.1, -0.05) is 20.8 Å². The number of thioether (sulfide) groups is 1. The van der Waals surface area contributed by atoms with Crippen molar-refractivity contribution in [2.45, 2.75) is 57.2 Å². The van der Waals surface area contributed by atoms with Crippen molar-refractivity contribution in [3.8, 4) is 0 Å². The predicted octanol–water partition coefficient (Wildman–Crippen LogP) is 4.45. The van der Waals surface area contributed by atoms with Crippen molar-refractivity contribution >= 4 is 33.5 Å². The maximum absolute atomic E-state index is 4.61. The molecule has 2 atom stereocenters. The average molecular weight is 344 g/mol. The van der Waals surface area contributed by atoms with E-state index in [-0.39, 0.29) is 0 Å². The first-order valence-corrected chi connectivity index (χ1v) is 8.85. The number of anilines is 1. The zero-order chi connectivity index (χ0) is 13.8. The summed E-state index contributed by atoms with van der Waals surface area (Å²) in [6.07, 6.45) is 3.81. The molecule has 5 heteroatoms. The second-order valence-corrected chi connectivity index (χ2v) is 7.71. The van der Waals surface area contributed by atoms with Crippen LogP contribution in [-0.2, 0) is 0 Å². The molecule has 1 saturated carbocycles. The zero-order valence-corrected chi connectivity index (χ0v) is 14.2. The van der Waals surface area contributed by atoms with E-state index in [9.17, 15) is 0 Å². The summed E-state index contributed by atoms with van der Waals surface area (Å²) < 4.78 is 0.867. The monoisotopic (exact) mass is 343 g/mol. The molecule has 0 spiro atoms. The lowest BCUT2D eigenvalue weighted by Gasteiger charge is -2.15. The van der Waals surface area contributed by atoms with Crippen LogP contribution in [0.2, 0.25) is 0 Å². The van der Waals surface area contributed by atoms with Crippen molar-refractivity contribution in [2.24, 2.45) is 0 Å². The van der Waals surface area contributed by atoms with Gasteiger partial charge in [-0.3, -0.25) is 0 Å². The second-order valence-electron chi connectivity index (χ2n) is 5.32. The van der Waals surface area contributed by atoms with Crippen molar-refractivity contribution < 1.29 is 0 Å². The molecule has 0 aromatic carbocycles. The Morgan fingerprint density at radius 2 is 2.21 bits per heavy atom. The van der Waals surface area contributed by atoms with Crippen LogP contribution in [0.5, 0.6) is 0 Å². The van der Waals surface area contributed by atoms with E-state index in [0.717, 1.165) is 21.5 Å². The molecule has 1 heterocycles. The Morgan fingerprint density at radius 1 is 1.42 bits per heavy atom. The highest BCUT2D eigenvalue weighted by Gasteiger charge is 2.24. The number of hydrogen-bond acceptors (Lipinski definition) is 4. The lowest BCUT2D eigenvalue weighted by atomic mass is 10.2. The molecule has 0 bridgehead atoms. The number of aromatic nitrogens is 2. The summed E-state index contributed by atoms with van der Waals surface area (Å²) in [5.74, 6) is 3.42. The molecule has 106 valence electrons. The van der Waals surface area contributed by atoms with Gasteiger partial charge in [-0.2, -0.15) is 11.8 Å². The summed E-state index contributed by atoms with van der Waals surface area (Å²) in [4.78, 5) is 9.02. The van der Waals surface area contributed by atoms with Crippen molar-refractivity contribution in [2.75, 3.05) is 11.1 Å². The van der Waals surface area contributed by atoms with E-state index < -0.39 is 0 Å². The van der Waals surface area contributed by atoms with Crippen LogP contribution in [0.1, 0.15) is 51.8 Å². The molecule has 1 N–H and O–H groups in total. The third-order valence-corrected chi connectivity index (χ3v) is 5.01. The molecule has 0 aliphatic heterocycles. The van der Waals surface area contributed by atoms with Gasteiger partial charge >= 0.3 is 0 Å². The van der Waals surface area contributed by atoms with E-state index in [1.807, 2.05) is 6.07 Å². The molecule has 3 nitrogen and oxygen atoms in total. The molecule has 1 aliphatic carbocycles. The lowest BCUT2D eigenvalue weighted by molar-refractivity contribution is 0.733. The molecular weight excluding hydrogens is 322 g/mol. The minimum absolute atomic E-state index is 0.352. The Bertz CT molecular complexity index is 425. The molecule has 1 fully saturated rings. The third kappa shape index (κ3) is 4.35. The van der Waals surface area contributed by atoms with Gasteiger partial charge in [-0.15, -0.1) is 0 Å². The van der Waals surface area contributed by atoms with Crippen LogP contribution in [0, 0.1) is 0 Å². The van der Waals surface area contributed by atoms with E-state index >= 15 is 0 Å². The van der Waals surface area contributed by atoms with E-state index in [2.05, 4.69) is 63.7 Å². The minimum Gasteiger partial charge on any atom is -0.367 e. The third-order valence-electron chi connectivity index (χ3n) is 3.37. The largest absolute Gasteiger partial charge is 0.367 e. The highest BCUT2D eigenvalue weighted by molar-refractivity contribution is 9.10. The SMILES string of the molecule is CCSC1CCC(Nc2cc(Br)nc(C(C)C)n2)C1. The van der Waals surface area contributed by atoms with Crippen molar-refractivity contribution in [1.29, 1.82) is 0 Å². The first kappa shape index (κ1) is 15.1. The van der Waals surface area contributed by atoms with Gasteiger partial charge in [0, 0.05) is 23.3 Å². The molecule has 1 aromatic rings. The van der Waals surface area contributed by atoms with Crippen LogP contribution in [0.25, 0.3) is 0 Å². The number of nitrogens with one attached hydrogen (secondary N) is 1. The number of rotatable bonds is 5. The van der Waals surface area contributed by atoms with Crippen LogP contribution in [-0.4, -0.2) is 27.0 Å². The van der Waals surface area contributed by atoms with Gasteiger partial charge in [-0.25, -0.2) is 9.97 Å². The molecule has 1 aliphatic rings. The van der Waals surface area contributed by atoms with Gasteiger partial charge < -0.3 is 5.32 Å². The minimum atomic E-state index is 0.352. The van der Waals surface area contributed by atoms with Crippen LogP contribution < -0.4 is 5.32 Å². The normalized spacial score (nSPS) is 23.0. The van der Waals surface area contributed by atoms with Crippen molar-refractivity contribution in [3.63, 3.8) is 0 Å². The quantitative estimate of drug-likeness (QED) is 0.801. The van der Waals surface area contributed by atoms with Crippen LogP contribution in [0.4, 0.5) is 5.82 Å². The summed E-state index contributed by atoms with van der Waals surface area (Å²) in [6, 6.07) is 2.54. The maximum Gasteiger partial charge on any atom is 0.134 e. The summed E-state index contributed by atoms with van der Waals surface area (Å²) >= 11 is 5.55. The van der Waals surface area contributed by atoms with Crippen LogP contribution in [0.3, 0.4) is 0 Å². The smallest absolute Gasteiger partial charge is 0.134 e. The summed E-state index contributed by atoms with van der Waals surface area (Å²) in [7, 11) is 0. The summed E-state index contributed by atoms with van der Waals surface area (Å²) in [6.45, 7) is 6.48. The Labute approximate surface area is 128 Å². The lowest BCUT2D eigenvalue weighted by Crippen LogP contribution is -2.17. The summed E-state index contributed by atoms with van der Waals surface area (Å²) in [5, 5.41) is 4.39. The molecule has 0 amide bonds. The summed E-state index contributed by atoms with van der Waals surface area (Å²) in [5.41, 5.74) is 0. The molecule has 2 unspecified atom stereocenters. The number of nitrogens with zero attached hydrogens (tertiary/aromatic N) is 2. The molecule has 0 radical (unpaired) electrons. The van der Waals surface area contributed by atoms with Gasteiger partial charge in [0.25, 0.3) is 0 Å². The fourth-order valence-corrected chi connectivity index (χ4v) is 3.98. The number of hydrogen-bond donors (Lipinski definition) is 1. The Hall–Kier alpha value is -0.290. The van der Waals surface area contributed by atoms with Gasteiger partial charge in [0.05, 0.1) is 0 Å². The van der Waals surface area contributed by atoms with E-state index in [1.165, 1.54) is 25.0 Å². The molecule has 2 rings (SSSR count). The molecule has 1 aromatic heterocycles. The maximum atomic E-state index is 4.61. The molecular formula is C14H22BrN3S. The fraction of sp³-hybridized carbons (Fsp3) is 0.714. The first-order chi connectivity index (χ1) is 9.08. The van der Waals surface area contributed by atoms with E-state index in [0.29, 0.717) is 12.0 Å². The fourth-order valence-electron chi connectivity index (χ4n) is 2.43. The highest BCUT2D eigenvalue weighted by Crippen LogP contribution is 2.31. The second kappa shape index (κ2) is 6.93. The zero-order valence-electron chi connectivity index (χ0n) is 11.8. The van der Waals surface area contributed by atoms with Crippen LogP contribution in [0.15, 0.2) is 10.7 Å². The highest BCUT2D eigenvalue weighted by atomic mass is 79.9.